The van der Waals surface area contributed by atoms with Gasteiger partial charge in [-0.3, -0.25) is 4.79 Å². The third-order valence-corrected chi connectivity index (χ3v) is 4.45. The third-order valence-electron chi connectivity index (χ3n) is 4.45. The van der Waals surface area contributed by atoms with Gasteiger partial charge in [0.2, 0.25) is 5.91 Å². The molecule has 1 amide bonds. The van der Waals surface area contributed by atoms with Crippen molar-refractivity contribution in [1.82, 2.24) is 9.47 Å². The molecule has 5 heteroatoms. The molecule has 2 heterocycles. The highest BCUT2D eigenvalue weighted by atomic mass is 16.5. The molecule has 2 aromatic rings. The van der Waals surface area contributed by atoms with Crippen molar-refractivity contribution in [3.8, 4) is 11.5 Å². The number of methoxy groups -OCH3 is 2. The fraction of sp³-hybridized carbons (Fsp3) is 0.316. The van der Waals surface area contributed by atoms with Crippen molar-refractivity contribution >= 4 is 12.0 Å². The molecule has 126 valence electrons. The predicted molar refractivity (Wildman–Crippen MR) is 93.1 cm³/mol. The molecule has 1 atom stereocenters. The first-order valence-electron chi connectivity index (χ1n) is 8.00. The van der Waals surface area contributed by atoms with Gasteiger partial charge in [-0.25, -0.2) is 0 Å². The lowest BCUT2D eigenvalue weighted by atomic mass is 10.1. The molecule has 0 bridgehead atoms. The fourth-order valence-electron chi connectivity index (χ4n) is 3.10. The Bertz CT molecular complexity index is 764. The van der Waals surface area contributed by atoms with Crippen LogP contribution >= 0.6 is 0 Å². The Balaban J connectivity index is 1.74. The largest absolute Gasteiger partial charge is 0.493 e. The average Bonchev–Trinajstić information content (AvgIpc) is 3.09. The number of hydrogen-bond acceptors (Lipinski definition) is 3. The lowest BCUT2D eigenvalue weighted by Gasteiger charge is -2.34. The summed E-state index contributed by atoms with van der Waals surface area (Å²) in [7, 11) is 3.20. The zero-order valence-electron chi connectivity index (χ0n) is 14.2. The topological polar surface area (TPSA) is 43.7 Å². The van der Waals surface area contributed by atoms with E-state index in [-0.39, 0.29) is 11.9 Å². The van der Waals surface area contributed by atoms with Crippen LogP contribution in [0.2, 0.25) is 0 Å². The van der Waals surface area contributed by atoms with Crippen molar-refractivity contribution in [2.24, 2.45) is 0 Å². The van der Waals surface area contributed by atoms with Crippen LogP contribution in [0.25, 0.3) is 6.08 Å². The number of benzene rings is 1. The maximum Gasteiger partial charge on any atom is 0.247 e. The lowest BCUT2D eigenvalue weighted by Crippen LogP contribution is -2.39. The average molecular weight is 326 g/mol. The molecule has 0 spiro atoms. The van der Waals surface area contributed by atoms with Crippen LogP contribution in [0.3, 0.4) is 0 Å². The van der Waals surface area contributed by atoms with Gasteiger partial charge in [-0.05, 0) is 42.8 Å². The van der Waals surface area contributed by atoms with Crippen molar-refractivity contribution in [3.05, 3.63) is 53.9 Å². The maximum atomic E-state index is 12.6. The Morgan fingerprint density at radius 2 is 1.96 bits per heavy atom. The zero-order chi connectivity index (χ0) is 17.1. The van der Waals surface area contributed by atoms with E-state index < -0.39 is 0 Å². The molecule has 1 aromatic carbocycles. The van der Waals surface area contributed by atoms with Gasteiger partial charge in [0.1, 0.15) is 0 Å². The predicted octanol–water partition coefficient (Wildman–Crippen LogP) is 3.12. The molecule has 0 unspecified atom stereocenters. The zero-order valence-corrected chi connectivity index (χ0v) is 14.2. The second-order valence-electron chi connectivity index (χ2n) is 5.78. The molecular weight excluding hydrogens is 304 g/mol. The van der Waals surface area contributed by atoms with Gasteiger partial charge in [-0.2, -0.15) is 0 Å². The number of nitrogens with zero attached hydrogens (tertiary/aromatic N) is 2. The summed E-state index contributed by atoms with van der Waals surface area (Å²) in [5.41, 5.74) is 2.07. The van der Waals surface area contributed by atoms with Gasteiger partial charge in [0.15, 0.2) is 11.5 Å². The Morgan fingerprint density at radius 3 is 2.71 bits per heavy atom. The van der Waals surface area contributed by atoms with Gasteiger partial charge in [-0.15, -0.1) is 0 Å². The highest BCUT2D eigenvalue weighted by Crippen LogP contribution is 2.28. The summed E-state index contributed by atoms with van der Waals surface area (Å²) in [5.74, 6) is 1.34. The molecule has 1 aliphatic rings. The van der Waals surface area contributed by atoms with Crippen molar-refractivity contribution in [2.75, 3.05) is 20.8 Å². The van der Waals surface area contributed by atoms with Gasteiger partial charge >= 0.3 is 0 Å². The quantitative estimate of drug-likeness (QED) is 0.811. The number of carbonyl (C=O) groups excluding carboxylic acids is 1. The highest BCUT2D eigenvalue weighted by Gasteiger charge is 2.25. The standard InChI is InChI=1S/C19H22N2O3/c1-14-16-5-4-10-20(16)11-12-21(14)19(22)9-7-15-6-8-17(23-2)18(13-15)24-3/h4-10,13-14H,11-12H2,1-3H3/b9-7-/t14-/m1/s1. The maximum absolute atomic E-state index is 12.6. The summed E-state index contributed by atoms with van der Waals surface area (Å²) in [6.07, 6.45) is 5.49. The second kappa shape index (κ2) is 6.83. The van der Waals surface area contributed by atoms with E-state index in [1.807, 2.05) is 35.2 Å². The Morgan fingerprint density at radius 1 is 1.17 bits per heavy atom. The summed E-state index contributed by atoms with van der Waals surface area (Å²) >= 11 is 0. The first kappa shape index (κ1) is 16.2. The summed E-state index contributed by atoms with van der Waals surface area (Å²) in [5, 5.41) is 0. The minimum Gasteiger partial charge on any atom is -0.493 e. The highest BCUT2D eigenvalue weighted by molar-refractivity contribution is 5.92. The minimum atomic E-state index is 0.0183. The van der Waals surface area contributed by atoms with E-state index in [9.17, 15) is 4.79 Å². The number of carbonyl (C=O) groups is 1. The Kier molecular flexibility index (Phi) is 4.60. The van der Waals surface area contributed by atoms with Crippen LogP contribution < -0.4 is 9.47 Å². The van der Waals surface area contributed by atoms with Crippen LogP contribution in [0.5, 0.6) is 11.5 Å². The van der Waals surface area contributed by atoms with Crippen LogP contribution in [0.15, 0.2) is 42.6 Å². The number of fused-ring (bicyclic) bond motifs is 1. The van der Waals surface area contributed by atoms with Gasteiger partial charge in [0, 0.05) is 31.1 Å². The van der Waals surface area contributed by atoms with Crippen LogP contribution in [-0.4, -0.2) is 36.1 Å². The molecule has 0 saturated carbocycles. The van der Waals surface area contributed by atoms with E-state index >= 15 is 0 Å². The molecule has 0 N–H and O–H groups in total. The third kappa shape index (κ3) is 3.02. The van der Waals surface area contributed by atoms with Crippen LogP contribution in [0.4, 0.5) is 0 Å². The first-order chi connectivity index (χ1) is 11.6. The summed E-state index contributed by atoms with van der Waals surface area (Å²) in [6, 6.07) is 9.76. The van der Waals surface area contributed by atoms with Gasteiger partial charge in [0.25, 0.3) is 0 Å². The number of aromatic nitrogens is 1. The van der Waals surface area contributed by atoms with Crippen molar-refractivity contribution in [1.29, 1.82) is 0 Å². The summed E-state index contributed by atoms with van der Waals surface area (Å²) < 4.78 is 12.7. The summed E-state index contributed by atoms with van der Waals surface area (Å²) in [4.78, 5) is 14.5. The lowest BCUT2D eigenvalue weighted by molar-refractivity contribution is -0.129. The minimum absolute atomic E-state index is 0.0183. The van der Waals surface area contributed by atoms with E-state index in [2.05, 4.69) is 23.8 Å². The molecule has 5 nitrogen and oxygen atoms in total. The molecule has 3 rings (SSSR count). The molecule has 0 aliphatic carbocycles. The first-order valence-corrected chi connectivity index (χ1v) is 8.00. The molecule has 0 saturated heterocycles. The molecule has 1 aromatic heterocycles. The van der Waals surface area contributed by atoms with Crippen LogP contribution in [0, 0.1) is 0 Å². The van der Waals surface area contributed by atoms with Crippen LogP contribution in [-0.2, 0) is 11.3 Å². The molecule has 0 fully saturated rings. The summed E-state index contributed by atoms with van der Waals surface area (Å²) in [6.45, 7) is 3.62. The smallest absolute Gasteiger partial charge is 0.247 e. The van der Waals surface area contributed by atoms with Crippen molar-refractivity contribution < 1.29 is 14.3 Å². The SMILES string of the molecule is COc1ccc(/C=C\C(=O)N2CCn3cccc3[C@H]2C)cc1OC. The van der Waals surface area contributed by atoms with Crippen molar-refractivity contribution in [3.63, 3.8) is 0 Å². The van der Waals surface area contributed by atoms with E-state index in [1.54, 1.807) is 20.3 Å². The van der Waals surface area contributed by atoms with Gasteiger partial charge in [-0.1, -0.05) is 6.07 Å². The Hall–Kier alpha value is -2.69. The molecular formula is C19H22N2O3. The normalized spacial score (nSPS) is 17.0. The number of amides is 1. The van der Waals surface area contributed by atoms with E-state index in [1.165, 1.54) is 5.69 Å². The molecule has 1 aliphatic heterocycles. The van der Waals surface area contributed by atoms with Crippen LogP contribution in [0.1, 0.15) is 24.2 Å². The van der Waals surface area contributed by atoms with Crippen molar-refractivity contribution in [2.45, 2.75) is 19.5 Å². The second-order valence-corrected chi connectivity index (χ2v) is 5.78. The Labute approximate surface area is 142 Å². The van der Waals surface area contributed by atoms with E-state index in [0.29, 0.717) is 11.5 Å². The van der Waals surface area contributed by atoms with E-state index in [0.717, 1.165) is 18.7 Å². The molecule has 0 radical (unpaired) electrons. The molecule has 24 heavy (non-hydrogen) atoms. The van der Waals surface area contributed by atoms with E-state index in [4.69, 9.17) is 9.47 Å². The number of ether oxygens (including phenoxy) is 2. The number of rotatable bonds is 4. The van der Waals surface area contributed by atoms with Gasteiger partial charge < -0.3 is 18.9 Å². The van der Waals surface area contributed by atoms with Gasteiger partial charge in [0.05, 0.1) is 20.3 Å². The number of hydrogen-bond donors (Lipinski definition) is 0. The monoisotopic (exact) mass is 326 g/mol. The fourth-order valence-corrected chi connectivity index (χ4v) is 3.10.